The Bertz CT molecular complexity index is 798. The molecule has 1 atom stereocenters. The SMILES string of the molecule is Cc1ccncc1COC1CCOC2(C1)CN(C(=O)c1ocnc1C)C2. The fourth-order valence-corrected chi connectivity index (χ4v) is 3.64. The van der Waals surface area contributed by atoms with Crippen LogP contribution in [0.25, 0.3) is 0 Å². The van der Waals surface area contributed by atoms with Gasteiger partial charge in [0.05, 0.1) is 31.5 Å². The third-order valence-corrected chi connectivity index (χ3v) is 5.25. The molecule has 2 fully saturated rings. The quantitative estimate of drug-likeness (QED) is 0.835. The molecule has 7 heteroatoms. The van der Waals surface area contributed by atoms with E-state index in [2.05, 4.69) is 16.9 Å². The van der Waals surface area contributed by atoms with Crippen molar-refractivity contribution in [3.05, 3.63) is 47.4 Å². The molecule has 2 aliphatic heterocycles. The van der Waals surface area contributed by atoms with E-state index in [1.54, 1.807) is 18.0 Å². The molecule has 2 aliphatic rings. The minimum Gasteiger partial charge on any atom is -0.438 e. The van der Waals surface area contributed by atoms with Gasteiger partial charge in [-0.15, -0.1) is 0 Å². The normalized spacial score (nSPS) is 21.6. The van der Waals surface area contributed by atoms with Gasteiger partial charge < -0.3 is 18.8 Å². The Morgan fingerprint density at radius 1 is 1.42 bits per heavy atom. The second-order valence-corrected chi connectivity index (χ2v) is 7.19. The van der Waals surface area contributed by atoms with Crippen molar-refractivity contribution in [3.8, 4) is 0 Å². The van der Waals surface area contributed by atoms with Gasteiger partial charge in [0.15, 0.2) is 6.39 Å². The van der Waals surface area contributed by atoms with Gasteiger partial charge in [-0.2, -0.15) is 0 Å². The Kier molecular flexibility index (Phi) is 4.50. The maximum Gasteiger partial charge on any atom is 0.291 e. The first-order valence-electron chi connectivity index (χ1n) is 8.91. The van der Waals surface area contributed by atoms with Crippen LogP contribution in [0.2, 0.25) is 0 Å². The van der Waals surface area contributed by atoms with Crippen LogP contribution in [0.4, 0.5) is 0 Å². The fraction of sp³-hybridized carbons (Fsp3) is 0.526. The summed E-state index contributed by atoms with van der Waals surface area (Å²) in [5.74, 6) is 0.193. The largest absolute Gasteiger partial charge is 0.438 e. The van der Waals surface area contributed by atoms with E-state index in [-0.39, 0.29) is 17.6 Å². The highest BCUT2D eigenvalue weighted by molar-refractivity contribution is 5.93. The summed E-state index contributed by atoms with van der Waals surface area (Å²) in [6.07, 6.45) is 6.75. The molecule has 0 aromatic carbocycles. The predicted octanol–water partition coefficient (Wildman–Crippen LogP) is 2.28. The minimum absolute atomic E-state index is 0.122. The first-order chi connectivity index (χ1) is 12.6. The van der Waals surface area contributed by atoms with Crippen molar-refractivity contribution in [2.75, 3.05) is 19.7 Å². The van der Waals surface area contributed by atoms with E-state index >= 15 is 0 Å². The van der Waals surface area contributed by atoms with Crippen LogP contribution >= 0.6 is 0 Å². The number of carbonyl (C=O) groups is 1. The Balaban J connectivity index is 1.33. The van der Waals surface area contributed by atoms with Crippen LogP contribution in [0.15, 0.2) is 29.3 Å². The van der Waals surface area contributed by atoms with E-state index in [1.807, 2.05) is 12.3 Å². The van der Waals surface area contributed by atoms with Gasteiger partial charge in [-0.05, 0) is 37.5 Å². The highest BCUT2D eigenvalue weighted by atomic mass is 16.5. The molecule has 2 saturated heterocycles. The van der Waals surface area contributed by atoms with Gasteiger partial charge in [0, 0.05) is 25.4 Å². The van der Waals surface area contributed by atoms with Crippen molar-refractivity contribution in [2.24, 2.45) is 0 Å². The van der Waals surface area contributed by atoms with E-state index in [9.17, 15) is 4.79 Å². The summed E-state index contributed by atoms with van der Waals surface area (Å²) >= 11 is 0. The Labute approximate surface area is 152 Å². The van der Waals surface area contributed by atoms with Gasteiger partial charge in [-0.3, -0.25) is 9.78 Å². The highest BCUT2D eigenvalue weighted by Gasteiger charge is 2.50. The van der Waals surface area contributed by atoms with Crippen molar-refractivity contribution in [3.63, 3.8) is 0 Å². The van der Waals surface area contributed by atoms with E-state index in [0.29, 0.717) is 37.8 Å². The second-order valence-electron chi connectivity index (χ2n) is 7.19. The van der Waals surface area contributed by atoms with Crippen LogP contribution in [0.1, 0.15) is 40.2 Å². The lowest BCUT2D eigenvalue weighted by molar-refractivity contribution is -0.188. The van der Waals surface area contributed by atoms with Gasteiger partial charge >= 0.3 is 0 Å². The van der Waals surface area contributed by atoms with Crippen LogP contribution in [-0.4, -0.2) is 52.2 Å². The van der Waals surface area contributed by atoms with Crippen molar-refractivity contribution >= 4 is 5.91 Å². The van der Waals surface area contributed by atoms with Gasteiger partial charge in [-0.1, -0.05) is 0 Å². The van der Waals surface area contributed by atoms with Crippen LogP contribution in [0.5, 0.6) is 0 Å². The molecule has 0 saturated carbocycles. The topological polar surface area (TPSA) is 77.7 Å². The fourth-order valence-electron chi connectivity index (χ4n) is 3.64. The van der Waals surface area contributed by atoms with Crippen LogP contribution in [0, 0.1) is 13.8 Å². The van der Waals surface area contributed by atoms with Crippen molar-refractivity contribution in [1.82, 2.24) is 14.9 Å². The average molecular weight is 357 g/mol. The summed E-state index contributed by atoms with van der Waals surface area (Å²) in [6.45, 7) is 6.18. The third-order valence-electron chi connectivity index (χ3n) is 5.25. The van der Waals surface area contributed by atoms with E-state index in [0.717, 1.165) is 18.4 Å². The molecule has 7 nitrogen and oxygen atoms in total. The lowest BCUT2D eigenvalue weighted by Crippen LogP contribution is -2.67. The van der Waals surface area contributed by atoms with Gasteiger partial charge in [-0.25, -0.2) is 4.98 Å². The first-order valence-corrected chi connectivity index (χ1v) is 8.91. The summed E-state index contributed by atoms with van der Waals surface area (Å²) in [5.41, 5.74) is 2.62. The molecule has 1 unspecified atom stereocenters. The number of rotatable bonds is 4. The summed E-state index contributed by atoms with van der Waals surface area (Å²) in [6, 6.07) is 1.99. The number of hydrogen-bond acceptors (Lipinski definition) is 6. The zero-order valence-corrected chi connectivity index (χ0v) is 15.1. The molecule has 2 aromatic rings. The summed E-state index contributed by atoms with van der Waals surface area (Å²) < 4.78 is 17.3. The lowest BCUT2D eigenvalue weighted by Gasteiger charge is -2.52. The monoisotopic (exact) mass is 357 g/mol. The standard InChI is InChI=1S/C19H23N3O4/c1-13-3-5-20-8-15(13)9-24-16-4-6-26-19(7-16)10-22(11-19)18(23)17-14(2)21-12-25-17/h3,5,8,12,16H,4,6-7,9-11H2,1-2H3. The number of pyridine rings is 1. The molecule has 2 aromatic heterocycles. The molecule has 4 rings (SSSR count). The summed E-state index contributed by atoms with van der Waals surface area (Å²) in [5, 5.41) is 0. The average Bonchev–Trinajstić information content (AvgIpc) is 3.04. The number of amides is 1. The Morgan fingerprint density at radius 2 is 2.27 bits per heavy atom. The first kappa shape index (κ1) is 17.2. The van der Waals surface area contributed by atoms with Crippen molar-refractivity contribution in [2.45, 2.75) is 45.0 Å². The number of ether oxygens (including phenoxy) is 2. The maximum absolute atomic E-state index is 12.5. The highest BCUT2D eigenvalue weighted by Crippen LogP contribution is 2.36. The molecule has 26 heavy (non-hydrogen) atoms. The van der Waals surface area contributed by atoms with Gasteiger partial charge in [0.25, 0.3) is 5.91 Å². The number of aromatic nitrogens is 2. The molecule has 0 bridgehead atoms. The predicted molar refractivity (Wildman–Crippen MR) is 92.6 cm³/mol. The van der Waals surface area contributed by atoms with Gasteiger partial charge in [0.2, 0.25) is 5.76 Å². The van der Waals surface area contributed by atoms with E-state index in [1.165, 1.54) is 12.0 Å². The number of hydrogen-bond donors (Lipinski definition) is 0. The smallest absolute Gasteiger partial charge is 0.291 e. The molecule has 1 amide bonds. The van der Waals surface area contributed by atoms with Crippen LogP contribution < -0.4 is 0 Å². The minimum atomic E-state index is -0.295. The number of carbonyl (C=O) groups excluding carboxylic acids is 1. The molecule has 0 aliphatic carbocycles. The van der Waals surface area contributed by atoms with Crippen LogP contribution in [0.3, 0.4) is 0 Å². The molecule has 1 spiro atoms. The maximum atomic E-state index is 12.5. The number of likely N-dealkylation sites (tertiary alicyclic amines) is 1. The van der Waals surface area contributed by atoms with Crippen LogP contribution in [-0.2, 0) is 16.1 Å². The summed E-state index contributed by atoms with van der Waals surface area (Å²) in [4.78, 5) is 22.4. The van der Waals surface area contributed by atoms with E-state index in [4.69, 9.17) is 13.9 Å². The third kappa shape index (κ3) is 3.24. The molecule has 138 valence electrons. The molecular weight excluding hydrogens is 334 g/mol. The number of nitrogens with zero attached hydrogens (tertiary/aromatic N) is 3. The Morgan fingerprint density at radius 3 is 3.00 bits per heavy atom. The van der Waals surface area contributed by atoms with Crippen molar-refractivity contribution in [1.29, 1.82) is 0 Å². The molecule has 0 N–H and O–H groups in total. The second kappa shape index (κ2) is 6.81. The molecular formula is C19H23N3O4. The number of aryl methyl sites for hydroxylation is 2. The molecule has 0 radical (unpaired) electrons. The summed E-state index contributed by atoms with van der Waals surface area (Å²) in [7, 11) is 0. The zero-order chi connectivity index (χ0) is 18.1. The van der Waals surface area contributed by atoms with Crippen molar-refractivity contribution < 1.29 is 18.7 Å². The Hall–Kier alpha value is -2.25. The lowest BCUT2D eigenvalue weighted by atomic mass is 9.84. The van der Waals surface area contributed by atoms with E-state index < -0.39 is 0 Å². The van der Waals surface area contributed by atoms with Gasteiger partial charge in [0.1, 0.15) is 5.60 Å². The zero-order valence-electron chi connectivity index (χ0n) is 15.1. The number of oxazole rings is 1. The molecule has 4 heterocycles.